The number of amides is 2. The second-order valence-electron chi connectivity index (χ2n) is 6.84. The molecular formula is C21H24FN3O2. The second kappa shape index (κ2) is 9.28. The van der Waals surface area contributed by atoms with Crippen molar-refractivity contribution in [1.82, 2.24) is 10.6 Å². The molecule has 1 fully saturated rings. The van der Waals surface area contributed by atoms with Crippen LogP contribution in [0, 0.1) is 11.7 Å². The Morgan fingerprint density at radius 1 is 1.15 bits per heavy atom. The van der Waals surface area contributed by atoms with Crippen molar-refractivity contribution >= 4 is 17.5 Å². The van der Waals surface area contributed by atoms with Crippen LogP contribution >= 0.6 is 0 Å². The van der Waals surface area contributed by atoms with E-state index in [2.05, 4.69) is 16.0 Å². The van der Waals surface area contributed by atoms with Crippen molar-refractivity contribution in [1.29, 1.82) is 0 Å². The van der Waals surface area contributed by atoms with E-state index in [1.54, 1.807) is 18.2 Å². The Morgan fingerprint density at radius 3 is 2.78 bits per heavy atom. The van der Waals surface area contributed by atoms with Crippen LogP contribution in [-0.2, 0) is 11.3 Å². The third-order valence-electron chi connectivity index (χ3n) is 4.70. The van der Waals surface area contributed by atoms with Gasteiger partial charge in [0, 0.05) is 24.2 Å². The molecule has 142 valence electrons. The van der Waals surface area contributed by atoms with Crippen LogP contribution in [0.15, 0.2) is 48.5 Å². The Labute approximate surface area is 158 Å². The fourth-order valence-corrected chi connectivity index (χ4v) is 3.18. The molecule has 0 spiro atoms. The Kier molecular flexibility index (Phi) is 6.54. The highest BCUT2D eigenvalue weighted by molar-refractivity contribution is 6.04. The van der Waals surface area contributed by atoms with E-state index >= 15 is 0 Å². The first kappa shape index (κ1) is 19.0. The summed E-state index contributed by atoms with van der Waals surface area (Å²) in [7, 11) is 0. The minimum absolute atomic E-state index is 0.0381. The van der Waals surface area contributed by atoms with Crippen LogP contribution in [0.4, 0.5) is 10.1 Å². The van der Waals surface area contributed by atoms with Crippen LogP contribution in [0.5, 0.6) is 0 Å². The first-order valence-corrected chi connectivity index (χ1v) is 9.23. The van der Waals surface area contributed by atoms with Crippen LogP contribution < -0.4 is 16.0 Å². The average Bonchev–Trinajstić information content (AvgIpc) is 3.19. The first-order chi connectivity index (χ1) is 13.1. The molecule has 0 radical (unpaired) electrons. The SMILES string of the molecule is O=C(CCC1CCNC1)NCc1cccc(NC(=O)c2cccc(F)c2)c1. The van der Waals surface area contributed by atoms with E-state index in [1.807, 2.05) is 12.1 Å². The van der Waals surface area contributed by atoms with Crippen LogP contribution in [0.1, 0.15) is 35.2 Å². The summed E-state index contributed by atoms with van der Waals surface area (Å²) in [4.78, 5) is 24.2. The molecule has 6 heteroatoms. The highest BCUT2D eigenvalue weighted by Crippen LogP contribution is 2.15. The maximum atomic E-state index is 13.2. The molecule has 0 bridgehead atoms. The van der Waals surface area contributed by atoms with Gasteiger partial charge in [-0.2, -0.15) is 0 Å². The third-order valence-corrected chi connectivity index (χ3v) is 4.70. The van der Waals surface area contributed by atoms with E-state index in [0.717, 1.165) is 31.5 Å². The molecule has 1 aliphatic rings. The van der Waals surface area contributed by atoms with E-state index in [-0.39, 0.29) is 17.4 Å². The molecule has 0 saturated carbocycles. The van der Waals surface area contributed by atoms with Gasteiger partial charge in [0.25, 0.3) is 5.91 Å². The predicted octanol–water partition coefficient (Wildman–Crippen LogP) is 3.08. The summed E-state index contributed by atoms with van der Waals surface area (Å²) in [5.41, 5.74) is 1.76. The summed E-state index contributed by atoms with van der Waals surface area (Å²) in [6.45, 7) is 2.45. The van der Waals surface area contributed by atoms with Gasteiger partial charge in [-0.05, 0) is 67.7 Å². The Balaban J connectivity index is 1.49. The van der Waals surface area contributed by atoms with Crippen LogP contribution in [0.3, 0.4) is 0 Å². The number of halogens is 1. The Morgan fingerprint density at radius 2 is 2.00 bits per heavy atom. The lowest BCUT2D eigenvalue weighted by atomic mass is 10.0. The van der Waals surface area contributed by atoms with Gasteiger partial charge in [-0.1, -0.05) is 18.2 Å². The number of anilines is 1. The van der Waals surface area contributed by atoms with Gasteiger partial charge in [0.15, 0.2) is 0 Å². The zero-order chi connectivity index (χ0) is 19.1. The van der Waals surface area contributed by atoms with Crippen LogP contribution in [-0.4, -0.2) is 24.9 Å². The number of hydrogen-bond donors (Lipinski definition) is 3. The summed E-state index contributed by atoms with van der Waals surface area (Å²) in [6.07, 6.45) is 2.57. The van der Waals surface area contributed by atoms with Crippen molar-refractivity contribution in [2.75, 3.05) is 18.4 Å². The number of rotatable bonds is 7. The maximum Gasteiger partial charge on any atom is 0.255 e. The molecule has 2 aromatic rings. The Hall–Kier alpha value is -2.73. The maximum absolute atomic E-state index is 13.2. The van der Waals surface area contributed by atoms with E-state index in [9.17, 15) is 14.0 Å². The van der Waals surface area contributed by atoms with Crippen molar-refractivity contribution in [3.63, 3.8) is 0 Å². The van der Waals surface area contributed by atoms with Gasteiger partial charge in [0.2, 0.25) is 5.91 Å². The van der Waals surface area contributed by atoms with Crippen molar-refractivity contribution in [3.8, 4) is 0 Å². The summed E-state index contributed by atoms with van der Waals surface area (Å²) >= 11 is 0. The van der Waals surface area contributed by atoms with E-state index in [4.69, 9.17) is 0 Å². The predicted molar refractivity (Wildman–Crippen MR) is 103 cm³/mol. The lowest BCUT2D eigenvalue weighted by molar-refractivity contribution is -0.121. The highest BCUT2D eigenvalue weighted by Gasteiger charge is 2.15. The van der Waals surface area contributed by atoms with Gasteiger partial charge in [0.05, 0.1) is 0 Å². The van der Waals surface area contributed by atoms with E-state index < -0.39 is 5.82 Å². The molecular weight excluding hydrogens is 345 g/mol. The minimum atomic E-state index is -0.451. The molecule has 1 unspecified atom stereocenters. The van der Waals surface area contributed by atoms with Crippen molar-refractivity contribution in [2.24, 2.45) is 5.92 Å². The van der Waals surface area contributed by atoms with E-state index in [1.165, 1.54) is 18.2 Å². The number of hydrogen-bond acceptors (Lipinski definition) is 3. The van der Waals surface area contributed by atoms with Gasteiger partial charge in [0.1, 0.15) is 5.82 Å². The molecule has 0 aromatic heterocycles. The summed E-state index contributed by atoms with van der Waals surface area (Å²) in [5, 5.41) is 8.97. The molecule has 1 atom stereocenters. The number of benzene rings is 2. The van der Waals surface area contributed by atoms with Gasteiger partial charge in [-0.15, -0.1) is 0 Å². The van der Waals surface area contributed by atoms with Crippen molar-refractivity contribution in [3.05, 3.63) is 65.5 Å². The lowest BCUT2D eigenvalue weighted by Crippen LogP contribution is -2.23. The summed E-state index contributed by atoms with van der Waals surface area (Å²) in [6, 6.07) is 12.8. The van der Waals surface area contributed by atoms with Crippen molar-refractivity contribution in [2.45, 2.75) is 25.8 Å². The monoisotopic (exact) mass is 369 g/mol. The minimum Gasteiger partial charge on any atom is -0.352 e. The number of carbonyl (C=O) groups is 2. The van der Waals surface area contributed by atoms with Gasteiger partial charge in [-0.3, -0.25) is 9.59 Å². The normalized spacial score (nSPS) is 16.1. The molecule has 1 heterocycles. The molecule has 2 aromatic carbocycles. The summed E-state index contributed by atoms with van der Waals surface area (Å²) in [5.74, 6) is -0.193. The fraction of sp³-hybridized carbons (Fsp3) is 0.333. The smallest absolute Gasteiger partial charge is 0.255 e. The third kappa shape index (κ3) is 5.89. The average molecular weight is 369 g/mol. The van der Waals surface area contributed by atoms with Crippen molar-refractivity contribution < 1.29 is 14.0 Å². The molecule has 3 rings (SSSR count). The molecule has 2 amide bonds. The first-order valence-electron chi connectivity index (χ1n) is 9.23. The molecule has 5 nitrogen and oxygen atoms in total. The molecule has 27 heavy (non-hydrogen) atoms. The van der Waals surface area contributed by atoms with Crippen LogP contribution in [0.2, 0.25) is 0 Å². The van der Waals surface area contributed by atoms with Crippen LogP contribution in [0.25, 0.3) is 0 Å². The summed E-state index contributed by atoms with van der Waals surface area (Å²) < 4.78 is 13.2. The van der Waals surface area contributed by atoms with Gasteiger partial charge < -0.3 is 16.0 Å². The lowest BCUT2D eigenvalue weighted by Gasteiger charge is -2.10. The van der Waals surface area contributed by atoms with Gasteiger partial charge >= 0.3 is 0 Å². The zero-order valence-corrected chi connectivity index (χ0v) is 15.1. The fourth-order valence-electron chi connectivity index (χ4n) is 3.18. The topological polar surface area (TPSA) is 70.2 Å². The number of carbonyl (C=O) groups excluding carboxylic acids is 2. The van der Waals surface area contributed by atoms with Gasteiger partial charge in [-0.25, -0.2) is 4.39 Å². The standard InChI is InChI=1S/C21H24FN3O2/c22-18-5-2-4-17(12-18)21(27)25-19-6-1-3-16(11-19)14-24-20(26)8-7-15-9-10-23-13-15/h1-6,11-12,15,23H,7-10,13-14H2,(H,24,26)(H,25,27). The van der Waals surface area contributed by atoms with E-state index in [0.29, 0.717) is 24.6 Å². The Bertz CT molecular complexity index is 804. The molecule has 1 aliphatic heterocycles. The molecule has 0 aliphatic carbocycles. The zero-order valence-electron chi connectivity index (χ0n) is 15.1. The highest BCUT2D eigenvalue weighted by atomic mass is 19.1. The molecule has 1 saturated heterocycles. The number of nitrogens with one attached hydrogen (secondary N) is 3. The largest absolute Gasteiger partial charge is 0.352 e. The second-order valence-corrected chi connectivity index (χ2v) is 6.84. The quantitative estimate of drug-likeness (QED) is 0.702. The molecule has 3 N–H and O–H groups in total.